The molecule has 0 spiro atoms. The lowest BCUT2D eigenvalue weighted by Crippen LogP contribution is -2.14. The first-order valence-corrected chi connectivity index (χ1v) is 5.28. The number of carboxylic acid groups (broad SMARTS) is 1. The molecule has 1 N–H and O–H groups in total. The summed E-state index contributed by atoms with van der Waals surface area (Å²) in [6, 6.07) is 6.76. The Morgan fingerprint density at radius 3 is 2.25 bits per heavy atom. The fourth-order valence-corrected chi connectivity index (χ4v) is 1.22. The monoisotopic (exact) mass is 222 g/mol. The van der Waals surface area contributed by atoms with E-state index in [1.54, 1.807) is 24.3 Å². The van der Waals surface area contributed by atoms with Crippen LogP contribution in [0.1, 0.15) is 36.7 Å². The Hall–Kier alpha value is -1.35. The van der Waals surface area contributed by atoms with Crippen LogP contribution in [0.4, 0.5) is 0 Å². The van der Waals surface area contributed by atoms with E-state index in [9.17, 15) is 4.79 Å². The summed E-state index contributed by atoms with van der Waals surface area (Å²) in [6.07, 6.45) is 0. The van der Waals surface area contributed by atoms with Crippen LogP contribution in [0.15, 0.2) is 24.3 Å². The molecular weight excluding hydrogens is 204 g/mol. The lowest BCUT2D eigenvalue weighted by atomic mass is 9.99. The molecule has 0 fully saturated rings. The minimum atomic E-state index is -0.901. The summed E-state index contributed by atoms with van der Waals surface area (Å²) in [6.45, 7) is 7.55. The van der Waals surface area contributed by atoms with Crippen molar-refractivity contribution in [3.63, 3.8) is 0 Å². The molecule has 0 atom stereocenters. The second-order valence-corrected chi connectivity index (χ2v) is 5.06. The van der Waals surface area contributed by atoms with Crippen molar-refractivity contribution in [2.24, 2.45) is 5.41 Å². The number of ether oxygens (including phenoxy) is 1. The van der Waals surface area contributed by atoms with Crippen LogP contribution < -0.4 is 0 Å². The van der Waals surface area contributed by atoms with Crippen LogP contribution in [0.3, 0.4) is 0 Å². The lowest BCUT2D eigenvalue weighted by Gasteiger charge is -2.17. The van der Waals surface area contributed by atoms with Gasteiger partial charge in [-0.05, 0) is 23.1 Å². The van der Waals surface area contributed by atoms with Crippen LogP contribution in [0.5, 0.6) is 0 Å². The molecule has 0 aliphatic carbocycles. The molecule has 0 bridgehead atoms. The molecular formula is C13H18O3. The maximum atomic E-state index is 10.6. The number of aromatic carboxylic acids is 1. The van der Waals surface area contributed by atoms with Crippen LogP contribution >= 0.6 is 0 Å². The lowest BCUT2D eigenvalue weighted by molar-refractivity contribution is 0.0598. The topological polar surface area (TPSA) is 46.5 Å². The number of benzene rings is 1. The van der Waals surface area contributed by atoms with Crippen molar-refractivity contribution in [1.82, 2.24) is 0 Å². The smallest absolute Gasteiger partial charge is 0.335 e. The van der Waals surface area contributed by atoms with Gasteiger partial charge in [0.15, 0.2) is 0 Å². The highest BCUT2D eigenvalue weighted by Gasteiger charge is 2.10. The average Bonchev–Trinajstić information content (AvgIpc) is 2.16. The van der Waals surface area contributed by atoms with E-state index in [1.165, 1.54) is 0 Å². The van der Waals surface area contributed by atoms with E-state index in [4.69, 9.17) is 9.84 Å². The summed E-state index contributed by atoms with van der Waals surface area (Å²) >= 11 is 0. The SMILES string of the molecule is CC(C)(C)COCc1ccc(C(=O)O)cc1. The first-order chi connectivity index (χ1) is 7.38. The predicted molar refractivity (Wildman–Crippen MR) is 62.5 cm³/mol. The van der Waals surface area contributed by atoms with E-state index in [-0.39, 0.29) is 5.41 Å². The Labute approximate surface area is 96.1 Å². The molecule has 16 heavy (non-hydrogen) atoms. The first-order valence-electron chi connectivity index (χ1n) is 5.28. The molecule has 1 aromatic rings. The second-order valence-electron chi connectivity index (χ2n) is 5.06. The summed E-state index contributed by atoms with van der Waals surface area (Å²) in [5.74, 6) is -0.901. The van der Waals surface area contributed by atoms with E-state index in [0.29, 0.717) is 18.8 Å². The van der Waals surface area contributed by atoms with Gasteiger partial charge in [0.25, 0.3) is 0 Å². The van der Waals surface area contributed by atoms with Gasteiger partial charge in [-0.2, -0.15) is 0 Å². The number of hydrogen-bond donors (Lipinski definition) is 1. The Kier molecular flexibility index (Phi) is 4.07. The largest absolute Gasteiger partial charge is 0.478 e. The van der Waals surface area contributed by atoms with Crippen molar-refractivity contribution in [1.29, 1.82) is 0 Å². The van der Waals surface area contributed by atoms with Gasteiger partial charge < -0.3 is 9.84 Å². The van der Waals surface area contributed by atoms with Gasteiger partial charge in [-0.3, -0.25) is 0 Å². The molecule has 3 nitrogen and oxygen atoms in total. The standard InChI is InChI=1S/C13H18O3/c1-13(2,3)9-16-8-10-4-6-11(7-5-10)12(14)15/h4-7H,8-9H2,1-3H3,(H,14,15). The Morgan fingerprint density at radius 2 is 1.81 bits per heavy atom. The van der Waals surface area contributed by atoms with Gasteiger partial charge in [0.1, 0.15) is 0 Å². The first kappa shape index (κ1) is 12.7. The van der Waals surface area contributed by atoms with E-state index < -0.39 is 5.97 Å². The van der Waals surface area contributed by atoms with Crippen molar-refractivity contribution >= 4 is 5.97 Å². The van der Waals surface area contributed by atoms with Crippen LogP contribution in [0.2, 0.25) is 0 Å². The maximum absolute atomic E-state index is 10.6. The zero-order valence-corrected chi connectivity index (χ0v) is 9.99. The van der Waals surface area contributed by atoms with Gasteiger partial charge >= 0.3 is 5.97 Å². The molecule has 0 aromatic heterocycles. The molecule has 88 valence electrons. The van der Waals surface area contributed by atoms with Crippen molar-refractivity contribution in [3.05, 3.63) is 35.4 Å². The summed E-state index contributed by atoms with van der Waals surface area (Å²) in [7, 11) is 0. The Bertz CT molecular complexity index is 346. The van der Waals surface area contributed by atoms with E-state index in [0.717, 1.165) is 5.56 Å². The molecule has 3 heteroatoms. The third-order valence-corrected chi connectivity index (χ3v) is 2.00. The van der Waals surface area contributed by atoms with Crippen LogP contribution in [-0.4, -0.2) is 17.7 Å². The molecule has 1 rings (SSSR count). The average molecular weight is 222 g/mol. The molecule has 0 radical (unpaired) electrons. The second kappa shape index (κ2) is 5.12. The Balaban J connectivity index is 2.47. The zero-order chi connectivity index (χ0) is 12.2. The molecule has 0 unspecified atom stereocenters. The fraction of sp³-hybridized carbons (Fsp3) is 0.462. The van der Waals surface area contributed by atoms with Gasteiger partial charge in [-0.25, -0.2) is 4.79 Å². The number of hydrogen-bond acceptors (Lipinski definition) is 2. The highest BCUT2D eigenvalue weighted by Crippen LogP contribution is 2.14. The minimum Gasteiger partial charge on any atom is -0.478 e. The molecule has 0 amide bonds. The van der Waals surface area contributed by atoms with Gasteiger partial charge in [0.05, 0.1) is 18.8 Å². The molecule has 0 saturated carbocycles. The van der Waals surface area contributed by atoms with Crippen molar-refractivity contribution in [3.8, 4) is 0 Å². The maximum Gasteiger partial charge on any atom is 0.335 e. The van der Waals surface area contributed by atoms with Crippen molar-refractivity contribution in [2.45, 2.75) is 27.4 Å². The summed E-state index contributed by atoms with van der Waals surface area (Å²) < 4.78 is 5.54. The number of rotatable bonds is 4. The third kappa shape index (κ3) is 4.45. The van der Waals surface area contributed by atoms with Gasteiger partial charge in [-0.15, -0.1) is 0 Å². The highest BCUT2D eigenvalue weighted by atomic mass is 16.5. The number of carbonyl (C=O) groups is 1. The van der Waals surface area contributed by atoms with Crippen LogP contribution in [0.25, 0.3) is 0 Å². The summed E-state index contributed by atoms with van der Waals surface area (Å²) in [5.41, 5.74) is 1.45. The van der Waals surface area contributed by atoms with Gasteiger partial charge in [0.2, 0.25) is 0 Å². The summed E-state index contributed by atoms with van der Waals surface area (Å²) in [5, 5.41) is 8.73. The Morgan fingerprint density at radius 1 is 1.25 bits per heavy atom. The molecule has 1 aromatic carbocycles. The van der Waals surface area contributed by atoms with Gasteiger partial charge in [-0.1, -0.05) is 32.9 Å². The minimum absolute atomic E-state index is 0.154. The highest BCUT2D eigenvalue weighted by molar-refractivity contribution is 5.87. The predicted octanol–water partition coefficient (Wildman–Crippen LogP) is 2.95. The van der Waals surface area contributed by atoms with E-state index in [1.807, 2.05) is 0 Å². The summed E-state index contributed by atoms with van der Waals surface area (Å²) in [4.78, 5) is 10.6. The van der Waals surface area contributed by atoms with Crippen molar-refractivity contribution < 1.29 is 14.6 Å². The quantitative estimate of drug-likeness (QED) is 0.852. The zero-order valence-electron chi connectivity index (χ0n) is 9.99. The van der Waals surface area contributed by atoms with Crippen molar-refractivity contribution in [2.75, 3.05) is 6.61 Å². The molecule has 0 heterocycles. The molecule has 0 aliphatic heterocycles. The number of carboxylic acids is 1. The molecule has 0 aliphatic rings. The van der Waals surface area contributed by atoms with E-state index in [2.05, 4.69) is 20.8 Å². The normalized spacial score (nSPS) is 11.4. The third-order valence-electron chi connectivity index (χ3n) is 2.00. The van der Waals surface area contributed by atoms with Gasteiger partial charge in [0, 0.05) is 0 Å². The molecule has 0 saturated heterocycles. The van der Waals surface area contributed by atoms with Crippen LogP contribution in [0, 0.1) is 5.41 Å². The van der Waals surface area contributed by atoms with Crippen LogP contribution in [-0.2, 0) is 11.3 Å². The fourth-order valence-electron chi connectivity index (χ4n) is 1.22. The van der Waals surface area contributed by atoms with E-state index >= 15 is 0 Å².